The van der Waals surface area contributed by atoms with Gasteiger partial charge in [0.25, 0.3) is 5.91 Å². The van der Waals surface area contributed by atoms with Crippen molar-refractivity contribution in [2.45, 2.75) is 39.7 Å². The number of morpholine rings is 1. The van der Waals surface area contributed by atoms with Gasteiger partial charge in [0.05, 0.1) is 32.6 Å². The van der Waals surface area contributed by atoms with Gasteiger partial charge in [-0.25, -0.2) is 0 Å². The van der Waals surface area contributed by atoms with Crippen LogP contribution in [0, 0.1) is 5.41 Å². The molecule has 7 rings (SSSR count). The van der Waals surface area contributed by atoms with Crippen LogP contribution in [-0.2, 0) is 11.2 Å². The van der Waals surface area contributed by atoms with Crippen molar-refractivity contribution < 1.29 is 19.0 Å². The third-order valence-electron chi connectivity index (χ3n) is 10.9. The van der Waals surface area contributed by atoms with E-state index in [1.807, 2.05) is 41.3 Å². The van der Waals surface area contributed by atoms with Crippen LogP contribution in [0.3, 0.4) is 0 Å². The molecule has 262 valence electrons. The van der Waals surface area contributed by atoms with Gasteiger partial charge in [-0.3, -0.25) is 14.7 Å². The van der Waals surface area contributed by atoms with Crippen molar-refractivity contribution >= 4 is 43.9 Å². The fourth-order valence-electron chi connectivity index (χ4n) is 6.91. The topological polar surface area (TPSA) is 93.2 Å². The number of ether oxygens (including phenoxy) is 3. The molecule has 0 bridgehead atoms. The Kier molecular flexibility index (Phi) is 9.65. The molecule has 2 aromatic carbocycles. The van der Waals surface area contributed by atoms with E-state index >= 15 is 0 Å². The predicted octanol–water partition coefficient (Wildman–Crippen LogP) is 6.32. The lowest BCUT2D eigenvalue weighted by Crippen LogP contribution is -2.59. The lowest BCUT2D eigenvalue weighted by atomic mass is 9.73. The molecule has 0 saturated carbocycles. The number of rotatable bonds is 10. The van der Waals surface area contributed by atoms with Crippen molar-refractivity contribution in [1.82, 2.24) is 25.0 Å². The number of nitrogens with zero attached hydrogens (tertiary/aromatic N) is 6. The molecule has 0 unspecified atom stereocenters. The number of anilines is 1. The van der Waals surface area contributed by atoms with Gasteiger partial charge >= 0.3 is 0 Å². The quantitative estimate of drug-likeness (QED) is 0.167. The zero-order chi connectivity index (χ0) is 34.9. The van der Waals surface area contributed by atoms with Gasteiger partial charge in [0, 0.05) is 90.1 Å². The maximum atomic E-state index is 13.5. The summed E-state index contributed by atoms with van der Waals surface area (Å²) >= 11 is 1.66. The number of aromatic nitrogens is 3. The van der Waals surface area contributed by atoms with E-state index in [-0.39, 0.29) is 16.9 Å². The van der Waals surface area contributed by atoms with E-state index in [1.54, 1.807) is 30.8 Å². The molecule has 0 atom stereocenters. The number of piperazine rings is 1. The highest BCUT2D eigenvalue weighted by molar-refractivity contribution is 7.17. The number of hydrogen-bond acceptors (Lipinski definition) is 10. The average molecular weight is 695 g/mol. The summed E-state index contributed by atoms with van der Waals surface area (Å²) < 4.78 is 19.4. The minimum Gasteiger partial charge on any atom is -0.493 e. The molecule has 2 aliphatic rings. The van der Waals surface area contributed by atoms with Crippen LogP contribution in [0.4, 0.5) is 5.82 Å². The summed E-state index contributed by atoms with van der Waals surface area (Å²) in [5, 5.41) is 14.7. The maximum absolute atomic E-state index is 13.5. The Morgan fingerprint density at radius 2 is 1.62 bits per heavy atom. The first-order chi connectivity index (χ1) is 24.1. The number of fused-ring (bicyclic) bond motifs is 2. The second-order valence-corrected chi connectivity index (χ2v) is 15.3. The van der Waals surface area contributed by atoms with Crippen LogP contribution in [0.15, 0.2) is 66.3 Å². The zero-order valence-corrected chi connectivity index (χ0v) is 30.5. The Labute approximate surface area is 298 Å². The number of thiophene rings is 1. The normalized spacial score (nSPS) is 16.3. The van der Waals surface area contributed by atoms with Crippen molar-refractivity contribution in [3.63, 3.8) is 0 Å². The molecule has 50 heavy (non-hydrogen) atoms. The summed E-state index contributed by atoms with van der Waals surface area (Å²) in [6.07, 6.45) is 4.20. The van der Waals surface area contributed by atoms with Gasteiger partial charge < -0.3 is 24.0 Å². The van der Waals surface area contributed by atoms with Gasteiger partial charge in [-0.2, -0.15) is 5.10 Å². The third kappa shape index (κ3) is 6.74. The van der Waals surface area contributed by atoms with Crippen LogP contribution >= 0.6 is 11.3 Å². The molecule has 0 aliphatic carbocycles. The molecular weight excluding hydrogens is 649 g/mol. The summed E-state index contributed by atoms with van der Waals surface area (Å²) in [5.41, 5.74) is 2.37. The highest BCUT2D eigenvalue weighted by Crippen LogP contribution is 2.41. The lowest BCUT2D eigenvalue weighted by Gasteiger charge is -2.50. The van der Waals surface area contributed by atoms with Gasteiger partial charge in [-0.15, -0.1) is 16.4 Å². The van der Waals surface area contributed by atoms with E-state index in [0.717, 1.165) is 64.4 Å². The molecule has 5 aromatic rings. The van der Waals surface area contributed by atoms with E-state index in [2.05, 4.69) is 60.0 Å². The summed E-state index contributed by atoms with van der Waals surface area (Å²) in [4.78, 5) is 24.4. The first-order valence-electron chi connectivity index (χ1n) is 17.4. The van der Waals surface area contributed by atoms with E-state index in [1.165, 1.54) is 5.39 Å². The number of carbonyl (C=O) groups excluding carboxylic acids is 1. The Bertz CT molecular complexity index is 1970. The summed E-state index contributed by atoms with van der Waals surface area (Å²) in [6.45, 7) is 15.4. The summed E-state index contributed by atoms with van der Waals surface area (Å²) in [5.74, 6) is 2.18. The van der Waals surface area contributed by atoms with Crippen LogP contribution in [0.5, 0.6) is 11.5 Å². The molecule has 2 aliphatic heterocycles. The van der Waals surface area contributed by atoms with Gasteiger partial charge in [0.15, 0.2) is 17.3 Å². The SMILES string of the molecule is COc1cc2c(Cc3ccncc3)nnc(N3CCN(C(=O)c4ccc5ccsc5c4)CC3)c2cc1OCC(C)(C)C(C)(C)N1CCOCC1. The molecule has 0 spiro atoms. The number of hydrogen-bond donors (Lipinski definition) is 0. The minimum absolute atomic E-state index is 0.0617. The molecule has 3 aromatic heterocycles. The molecule has 10 nitrogen and oxygen atoms in total. The van der Waals surface area contributed by atoms with Crippen molar-refractivity contribution in [2.24, 2.45) is 5.41 Å². The monoisotopic (exact) mass is 694 g/mol. The predicted molar refractivity (Wildman–Crippen MR) is 199 cm³/mol. The first-order valence-corrected chi connectivity index (χ1v) is 18.3. The van der Waals surface area contributed by atoms with Gasteiger partial charge in [0.1, 0.15) is 0 Å². The van der Waals surface area contributed by atoms with E-state index in [9.17, 15) is 4.79 Å². The van der Waals surface area contributed by atoms with Crippen LogP contribution < -0.4 is 14.4 Å². The standard InChI is InChI=1S/C39H46N6O4S/c1-38(2,39(3,4)45-17-19-48-20-18-45)26-49-34-25-31-30(24-33(34)47-5)32(22-27-8-11-40-12-9-27)41-42-36(31)43-13-15-44(16-14-43)37(46)29-7-6-28-10-21-50-35(28)23-29/h6-12,21,23-25H,13-20,22,26H2,1-5H3. The molecule has 5 heterocycles. The van der Waals surface area contributed by atoms with Crippen LogP contribution in [0.25, 0.3) is 20.9 Å². The van der Waals surface area contributed by atoms with Gasteiger partial charge in [-0.05, 0) is 72.6 Å². The van der Waals surface area contributed by atoms with Gasteiger partial charge in [-0.1, -0.05) is 19.9 Å². The number of benzene rings is 2. The van der Waals surface area contributed by atoms with Gasteiger partial charge in [0.2, 0.25) is 0 Å². The highest BCUT2D eigenvalue weighted by Gasteiger charge is 2.43. The first kappa shape index (κ1) is 34.1. The lowest BCUT2D eigenvalue weighted by molar-refractivity contribution is -0.0683. The van der Waals surface area contributed by atoms with Crippen LogP contribution in [0.2, 0.25) is 0 Å². The van der Waals surface area contributed by atoms with Crippen LogP contribution in [0.1, 0.15) is 49.3 Å². The fourth-order valence-corrected chi connectivity index (χ4v) is 7.73. The Hall–Kier alpha value is -4.32. The molecule has 2 saturated heterocycles. The summed E-state index contributed by atoms with van der Waals surface area (Å²) in [7, 11) is 1.68. The largest absolute Gasteiger partial charge is 0.493 e. The number of methoxy groups -OCH3 is 1. The molecule has 1 amide bonds. The number of pyridine rings is 1. The van der Waals surface area contributed by atoms with E-state index in [0.29, 0.717) is 50.7 Å². The Morgan fingerprint density at radius 1 is 0.880 bits per heavy atom. The summed E-state index contributed by atoms with van der Waals surface area (Å²) in [6, 6.07) is 16.2. The zero-order valence-electron chi connectivity index (χ0n) is 29.6. The second kappa shape index (κ2) is 14.1. The van der Waals surface area contributed by atoms with E-state index < -0.39 is 0 Å². The fraction of sp³-hybridized carbons (Fsp3) is 0.436. The third-order valence-corrected chi connectivity index (χ3v) is 11.7. The molecule has 0 radical (unpaired) electrons. The maximum Gasteiger partial charge on any atom is 0.254 e. The Balaban J connectivity index is 1.17. The number of carbonyl (C=O) groups is 1. The smallest absolute Gasteiger partial charge is 0.254 e. The molecule has 0 N–H and O–H groups in total. The number of amides is 1. The highest BCUT2D eigenvalue weighted by atomic mass is 32.1. The van der Waals surface area contributed by atoms with Crippen molar-refractivity contribution in [1.29, 1.82) is 0 Å². The van der Waals surface area contributed by atoms with E-state index in [4.69, 9.17) is 24.4 Å². The minimum atomic E-state index is -0.187. The second-order valence-electron chi connectivity index (χ2n) is 14.3. The van der Waals surface area contributed by atoms with Crippen LogP contribution in [-0.4, -0.2) is 103 Å². The average Bonchev–Trinajstić information content (AvgIpc) is 3.62. The van der Waals surface area contributed by atoms with Crippen molar-refractivity contribution in [2.75, 3.05) is 71.1 Å². The van der Waals surface area contributed by atoms with Crippen molar-refractivity contribution in [3.8, 4) is 11.5 Å². The molecule has 11 heteroatoms. The molecular formula is C39H46N6O4S. The van der Waals surface area contributed by atoms with Crippen molar-refractivity contribution in [3.05, 3.63) is 83.1 Å². The Morgan fingerprint density at radius 3 is 2.36 bits per heavy atom. The molecule has 2 fully saturated rings.